The molecule has 0 spiro atoms. The van der Waals surface area contributed by atoms with E-state index in [1.54, 1.807) is 31.2 Å². The molecule has 2 aromatic rings. The first kappa shape index (κ1) is 14.2. The minimum atomic E-state index is -0.556. The van der Waals surface area contributed by atoms with E-state index in [4.69, 9.17) is 0 Å². The number of carbonyl (C=O) groups is 1. The van der Waals surface area contributed by atoms with Gasteiger partial charge in [0.15, 0.2) is 0 Å². The van der Waals surface area contributed by atoms with Crippen molar-refractivity contribution in [3.63, 3.8) is 0 Å². The Bertz CT molecular complexity index is 626. The fraction of sp³-hybridized carbons (Fsp3) is 0.188. The molecule has 0 radical (unpaired) electrons. The van der Waals surface area contributed by atoms with Crippen molar-refractivity contribution in [1.29, 1.82) is 0 Å². The van der Waals surface area contributed by atoms with Gasteiger partial charge in [-0.25, -0.2) is 8.78 Å². The molecule has 0 heterocycles. The number of amides is 1. The van der Waals surface area contributed by atoms with E-state index in [0.717, 1.165) is 5.56 Å². The Morgan fingerprint density at radius 1 is 1.10 bits per heavy atom. The van der Waals surface area contributed by atoms with Crippen LogP contribution in [0.3, 0.4) is 0 Å². The summed E-state index contributed by atoms with van der Waals surface area (Å²) in [6.07, 6.45) is 0.367. The molecule has 20 heavy (non-hydrogen) atoms. The third kappa shape index (κ3) is 3.41. The largest absolute Gasteiger partial charge is 0.352 e. The topological polar surface area (TPSA) is 29.1 Å². The van der Waals surface area contributed by atoms with Gasteiger partial charge in [0.25, 0.3) is 5.91 Å². The minimum Gasteiger partial charge on any atom is -0.352 e. The maximum Gasteiger partial charge on any atom is 0.254 e. The molecule has 0 bridgehead atoms. The van der Waals surface area contributed by atoms with E-state index in [9.17, 15) is 13.6 Å². The second-order valence-corrected chi connectivity index (χ2v) is 4.58. The Morgan fingerprint density at radius 3 is 2.60 bits per heavy atom. The molecular weight excluding hydrogens is 260 g/mol. The van der Waals surface area contributed by atoms with Crippen LogP contribution in [0.25, 0.3) is 0 Å². The smallest absolute Gasteiger partial charge is 0.254 e. The first-order valence-electron chi connectivity index (χ1n) is 6.35. The number of carbonyl (C=O) groups excluding carboxylic acids is 1. The molecule has 0 aromatic heterocycles. The van der Waals surface area contributed by atoms with Crippen LogP contribution in [-0.2, 0) is 6.42 Å². The highest BCUT2D eigenvalue weighted by molar-refractivity contribution is 5.94. The number of benzene rings is 2. The van der Waals surface area contributed by atoms with Gasteiger partial charge >= 0.3 is 0 Å². The van der Waals surface area contributed by atoms with E-state index < -0.39 is 11.7 Å². The van der Waals surface area contributed by atoms with Gasteiger partial charge < -0.3 is 5.32 Å². The Morgan fingerprint density at radius 2 is 1.85 bits per heavy atom. The summed E-state index contributed by atoms with van der Waals surface area (Å²) in [5, 5.41) is 2.60. The minimum absolute atomic E-state index is 0.0125. The van der Waals surface area contributed by atoms with E-state index >= 15 is 0 Å². The summed E-state index contributed by atoms with van der Waals surface area (Å²) in [6.45, 7) is 2.04. The van der Waals surface area contributed by atoms with Gasteiger partial charge in [0.05, 0.1) is 5.56 Å². The van der Waals surface area contributed by atoms with Crippen LogP contribution < -0.4 is 5.32 Å². The van der Waals surface area contributed by atoms with Gasteiger partial charge in [0.1, 0.15) is 11.6 Å². The second-order valence-electron chi connectivity index (χ2n) is 4.58. The fourth-order valence-corrected chi connectivity index (χ4v) is 1.92. The highest BCUT2D eigenvalue weighted by atomic mass is 19.1. The van der Waals surface area contributed by atoms with Crippen molar-refractivity contribution in [2.45, 2.75) is 13.3 Å². The van der Waals surface area contributed by atoms with Crippen molar-refractivity contribution in [3.05, 3.63) is 70.8 Å². The maximum absolute atomic E-state index is 13.5. The van der Waals surface area contributed by atoms with E-state index in [1.807, 2.05) is 0 Å². The van der Waals surface area contributed by atoms with Gasteiger partial charge in [-0.1, -0.05) is 29.8 Å². The molecule has 2 rings (SSSR count). The molecular formula is C16H15F2NO. The maximum atomic E-state index is 13.5. The summed E-state index contributed by atoms with van der Waals surface area (Å²) in [7, 11) is 0. The monoisotopic (exact) mass is 275 g/mol. The number of aryl methyl sites for hydroxylation is 1. The van der Waals surface area contributed by atoms with Crippen LogP contribution in [-0.4, -0.2) is 12.5 Å². The van der Waals surface area contributed by atoms with Gasteiger partial charge in [-0.3, -0.25) is 4.79 Å². The summed E-state index contributed by atoms with van der Waals surface area (Å²) in [4.78, 5) is 11.8. The number of hydrogen-bond acceptors (Lipinski definition) is 1. The predicted molar refractivity (Wildman–Crippen MR) is 73.6 cm³/mol. The summed E-state index contributed by atoms with van der Waals surface area (Å²) in [6, 6.07) is 10.7. The average Bonchev–Trinajstić information content (AvgIpc) is 2.43. The molecule has 104 valence electrons. The van der Waals surface area contributed by atoms with E-state index in [0.29, 0.717) is 12.0 Å². The average molecular weight is 275 g/mol. The van der Waals surface area contributed by atoms with Crippen molar-refractivity contribution >= 4 is 5.91 Å². The molecule has 0 saturated carbocycles. The lowest BCUT2D eigenvalue weighted by Crippen LogP contribution is -2.26. The van der Waals surface area contributed by atoms with Crippen molar-refractivity contribution < 1.29 is 13.6 Å². The fourth-order valence-electron chi connectivity index (χ4n) is 1.92. The first-order chi connectivity index (χ1) is 9.58. The quantitative estimate of drug-likeness (QED) is 0.911. The number of halogens is 2. The SMILES string of the molecule is Cc1ccc(F)c(C(=O)NCCc2ccccc2F)c1. The lowest BCUT2D eigenvalue weighted by molar-refractivity contribution is 0.0950. The Balaban J connectivity index is 1.96. The van der Waals surface area contributed by atoms with Crippen LogP contribution in [0.2, 0.25) is 0 Å². The van der Waals surface area contributed by atoms with Crippen molar-refractivity contribution in [1.82, 2.24) is 5.32 Å². The van der Waals surface area contributed by atoms with Crippen LogP contribution in [0.15, 0.2) is 42.5 Å². The number of nitrogens with one attached hydrogen (secondary N) is 1. The third-order valence-electron chi connectivity index (χ3n) is 3.00. The van der Waals surface area contributed by atoms with Gasteiger partial charge in [-0.15, -0.1) is 0 Å². The first-order valence-corrected chi connectivity index (χ1v) is 6.35. The Labute approximate surface area is 116 Å². The zero-order valence-electron chi connectivity index (χ0n) is 11.1. The van der Waals surface area contributed by atoms with Crippen LogP contribution >= 0.6 is 0 Å². The summed E-state index contributed by atoms with van der Waals surface area (Å²) < 4.78 is 26.9. The van der Waals surface area contributed by atoms with Crippen molar-refractivity contribution in [2.75, 3.05) is 6.54 Å². The Kier molecular flexibility index (Phi) is 4.45. The zero-order chi connectivity index (χ0) is 14.5. The molecule has 1 N–H and O–H groups in total. The Hall–Kier alpha value is -2.23. The molecule has 0 aliphatic carbocycles. The van der Waals surface area contributed by atoms with Crippen LogP contribution in [0, 0.1) is 18.6 Å². The number of hydrogen-bond donors (Lipinski definition) is 1. The van der Waals surface area contributed by atoms with E-state index in [2.05, 4.69) is 5.32 Å². The highest BCUT2D eigenvalue weighted by Gasteiger charge is 2.11. The lowest BCUT2D eigenvalue weighted by atomic mass is 10.1. The zero-order valence-corrected chi connectivity index (χ0v) is 11.1. The van der Waals surface area contributed by atoms with Crippen LogP contribution in [0.4, 0.5) is 8.78 Å². The van der Waals surface area contributed by atoms with Crippen molar-refractivity contribution in [3.8, 4) is 0 Å². The predicted octanol–water partition coefficient (Wildman–Crippen LogP) is 3.25. The van der Waals surface area contributed by atoms with Gasteiger partial charge in [0, 0.05) is 6.54 Å². The van der Waals surface area contributed by atoms with Gasteiger partial charge in [0.2, 0.25) is 0 Å². The summed E-state index contributed by atoms with van der Waals surface area (Å²) >= 11 is 0. The van der Waals surface area contributed by atoms with E-state index in [1.165, 1.54) is 18.2 Å². The standard InChI is InChI=1S/C16H15F2NO/c1-11-6-7-15(18)13(10-11)16(20)19-9-8-12-4-2-3-5-14(12)17/h2-7,10H,8-9H2,1H3,(H,19,20). The summed E-state index contributed by atoms with van der Waals surface area (Å²) in [5.74, 6) is -1.34. The van der Waals surface area contributed by atoms with Crippen molar-refractivity contribution in [2.24, 2.45) is 0 Å². The molecule has 1 amide bonds. The highest BCUT2D eigenvalue weighted by Crippen LogP contribution is 2.10. The van der Waals surface area contributed by atoms with Gasteiger partial charge in [-0.2, -0.15) is 0 Å². The molecule has 0 aliphatic heterocycles. The second kappa shape index (κ2) is 6.28. The molecule has 2 nitrogen and oxygen atoms in total. The molecule has 2 aromatic carbocycles. The summed E-state index contributed by atoms with van der Waals surface area (Å²) in [5.41, 5.74) is 1.35. The number of rotatable bonds is 4. The molecule has 0 atom stereocenters. The van der Waals surface area contributed by atoms with Crippen LogP contribution in [0.1, 0.15) is 21.5 Å². The van der Waals surface area contributed by atoms with Gasteiger partial charge in [-0.05, 0) is 37.1 Å². The molecule has 0 fully saturated rings. The molecule has 0 saturated heterocycles. The molecule has 4 heteroatoms. The third-order valence-corrected chi connectivity index (χ3v) is 3.00. The normalized spacial score (nSPS) is 10.3. The molecule has 0 unspecified atom stereocenters. The lowest BCUT2D eigenvalue weighted by Gasteiger charge is -2.07. The molecule has 0 aliphatic rings. The van der Waals surface area contributed by atoms with Crippen LogP contribution in [0.5, 0.6) is 0 Å². The van der Waals surface area contributed by atoms with E-state index in [-0.39, 0.29) is 17.9 Å².